The van der Waals surface area contributed by atoms with Gasteiger partial charge >= 0.3 is 0 Å². The smallest absolute Gasteiger partial charge is 0.119 e. The molecule has 0 aliphatic carbocycles. The van der Waals surface area contributed by atoms with Gasteiger partial charge in [0.2, 0.25) is 0 Å². The van der Waals surface area contributed by atoms with E-state index in [4.69, 9.17) is 16.3 Å². The van der Waals surface area contributed by atoms with Crippen LogP contribution in [0.15, 0.2) is 46.9 Å². The largest absolute Gasteiger partial charge is 0.494 e. The quantitative estimate of drug-likeness (QED) is 0.742. The molecule has 0 aliphatic rings. The highest BCUT2D eigenvalue weighted by Crippen LogP contribution is 2.23. The van der Waals surface area contributed by atoms with Crippen LogP contribution in [-0.4, -0.2) is 6.61 Å². The fraction of sp³-hybridized carbons (Fsp3) is 0.294. The normalized spacial score (nSPS) is 12.2. The molecule has 4 heteroatoms. The maximum Gasteiger partial charge on any atom is 0.119 e. The first kappa shape index (κ1) is 16.3. The van der Waals surface area contributed by atoms with E-state index in [-0.39, 0.29) is 6.04 Å². The van der Waals surface area contributed by atoms with Gasteiger partial charge in [0.1, 0.15) is 5.75 Å². The summed E-state index contributed by atoms with van der Waals surface area (Å²) in [6.45, 7) is 5.58. The molecule has 1 N–H and O–H groups in total. The van der Waals surface area contributed by atoms with E-state index in [0.29, 0.717) is 6.61 Å². The molecule has 0 saturated carbocycles. The van der Waals surface area contributed by atoms with E-state index >= 15 is 0 Å². The van der Waals surface area contributed by atoms with Crippen molar-refractivity contribution in [2.24, 2.45) is 0 Å². The summed E-state index contributed by atoms with van der Waals surface area (Å²) in [4.78, 5) is 0. The van der Waals surface area contributed by atoms with Gasteiger partial charge in [-0.15, -0.1) is 0 Å². The van der Waals surface area contributed by atoms with Gasteiger partial charge in [0.15, 0.2) is 0 Å². The molecule has 0 heterocycles. The molecule has 1 unspecified atom stereocenters. The number of hydrogen-bond acceptors (Lipinski definition) is 2. The van der Waals surface area contributed by atoms with Crippen molar-refractivity contribution in [1.82, 2.24) is 5.32 Å². The van der Waals surface area contributed by atoms with Crippen molar-refractivity contribution in [1.29, 1.82) is 0 Å². The number of hydrogen-bond donors (Lipinski definition) is 1. The molecule has 0 radical (unpaired) electrons. The van der Waals surface area contributed by atoms with Crippen molar-refractivity contribution < 1.29 is 4.74 Å². The zero-order valence-corrected chi connectivity index (χ0v) is 14.5. The van der Waals surface area contributed by atoms with E-state index in [1.807, 2.05) is 37.3 Å². The van der Waals surface area contributed by atoms with Crippen LogP contribution in [0.2, 0.25) is 5.02 Å². The van der Waals surface area contributed by atoms with Crippen LogP contribution < -0.4 is 10.1 Å². The number of rotatable bonds is 6. The summed E-state index contributed by atoms with van der Waals surface area (Å²) in [7, 11) is 0. The Hall–Kier alpha value is -1.03. The minimum atomic E-state index is 0.256. The van der Waals surface area contributed by atoms with Gasteiger partial charge in [-0.05, 0) is 55.3 Å². The lowest BCUT2D eigenvalue weighted by atomic mass is 10.1. The third-order valence-electron chi connectivity index (χ3n) is 3.30. The van der Waals surface area contributed by atoms with E-state index in [1.54, 1.807) is 0 Å². The monoisotopic (exact) mass is 367 g/mol. The molecule has 2 aromatic carbocycles. The average Bonchev–Trinajstić information content (AvgIpc) is 2.49. The van der Waals surface area contributed by atoms with Crippen molar-refractivity contribution in [3.05, 3.63) is 63.1 Å². The van der Waals surface area contributed by atoms with Crippen molar-refractivity contribution in [2.75, 3.05) is 6.61 Å². The van der Waals surface area contributed by atoms with Gasteiger partial charge in [0.05, 0.1) is 6.61 Å². The van der Waals surface area contributed by atoms with Gasteiger partial charge in [0.25, 0.3) is 0 Å². The summed E-state index contributed by atoms with van der Waals surface area (Å²) in [5, 5.41) is 4.26. The standard InChI is InChI=1S/C17H19BrClNO/c1-3-21-16-7-4-13(5-8-16)12(2)20-11-14-10-15(19)6-9-17(14)18/h4-10,12,20H,3,11H2,1-2H3. The third-order valence-corrected chi connectivity index (χ3v) is 4.31. The number of halogens is 2. The summed E-state index contributed by atoms with van der Waals surface area (Å²) >= 11 is 9.58. The molecule has 0 saturated heterocycles. The minimum Gasteiger partial charge on any atom is -0.494 e. The van der Waals surface area contributed by atoms with Gasteiger partial charge in [-0.1, -0.05) is 39.7 Å². The Labute approximate surface area is 139 Å². The molecular weight excluding hydrogens is 350 g/mol. The molecule has 1 atom stereocenters. The summed E-state index contributed by atoms with van der Waals surface area (Å²) in [5.41, 5.74) is 2.39. The van der Waals surface area contributed by atoms with Crippen molar-refractivity contribution >= 4 is 27.5 Å². The Balaban J connectivity index is 1.97. The SMILES string of the molecule is CCOc1ccc(C(C)NCc2cc(Cl)ccc2Br)cc1. The van der Waals surface area contributed by atoms with Crippen molar-refractivity contribution in [3.8, 4) is 5.75 Å². The predicted molar refractivity (Wildman–Crippen MR) is 92.0 cm³/mol. The molecule has 2 nitrogen and oxygen atoms in total. The Morgan fingerprint density at radius 3 is 2.57 bits per heavy atom. The fourth-order valence-electron chi connectivity index (χ4n) is 2.08. The first-order valence-corrected chi connectivity index (χ1v) is 8.17. The van der Waals surface area contributed by atoms with Crippen LogP contribution in [-0.2, 0) is 6.54 Å². The number of benzene rings is 2. The van der Waals surface area contributed by atoms with Crippen LogP contribution in [0.5, 0.6) is 5.75 Å². The molecule has 0 spiro atoms. The number of nitrogens with one attached hydrogen (secondary N) is 1. The maximum atomic E-state index is 6.03. The molecule has 21 heavy (non-hydrogen) atoms. The maximum absolute atomic E-state index is 6.03. The van der Waals surface area contributed by atoms with Gasteiger partial charge in [-0.25, -0.2) is 0 Å². The topological polar surface area (TPSA) is 21.3 Å². The van der Waals surface area contributed by atoms with Gasteiger partial charge < -0.3 is 10.1 Å². The highest BCUT2D eigenvalue weighted by molar-refractivity contribution is 9.10. The molecule has 112 valence electrons. The summed E-state index contributed by atoms with van der Waals surface area (Å²) in [6.07, 6.45) is 0. The van der Waals surface area contributed by atoms with Crippen LogP contribution in [0.3, 0.4) is 0 Å². The molecule has 0 fully saturated rings. The zero-order valence-electron chi connectivity index (χ0n) is 12.2. The van der Waals surface area contributed by atoms with Crippen LogP contribution >= 0.6 is 27.5 Å². The highest BCUT2D eigenvalue weighted by atomic mass is 79.9. The summed E-state index contributed by atoms with van der Waals surface area (Å²) < 4.78 is 6.53. The first-order valence-electron chi connectivity index (χ1n) is 7.00. The Morgan fingerprint density at radius 2 is 1.90 bits per heavy atom. The van der Waals surface area contributed by atoms with E-state index in [2.05, 4.69) is 40.3 Å². The zero-order chi connectivity index (χ0) is 15.2. The van der Waals surface area contributed by atoms with Crippen LogP contribution in [0.25, 0.3) is 0 Å². The lowest BCUT2D eigenvalue weighted by Crippen LogP contribution is -2.18. The summed E-state index contributed by atoms with van der Waals surface area (Å²) in [6, 6.07) is 14.3. The molecule has 2 aromatic rings. The van der Waals surface area contributed by atoms with Gasteiger partial charge in [-0.3, -0.25) is 0 Å². The second-order valence-corrected chi connectivity index (χ2v) is 6.13. The summed E-state index contributed by atoms with van der Waals surface area (Å²) in [5.74, 6) is 0.908. The second kappa shape index (κ2) is 7.83. The lowest BCUT2D eigenvalue weighted by molar-refractivity contribution is 0.340. The van der Waals surface area contributed by atoms with Crippen LogP contribution in [0, 0.1) is 0 Å². The number of ether oxygens (including phenoxy) is 1. The van der Waals surface area contributed by atoms with E-state index in [0.717, 1.165) is 27.4 Å². The molecule has 2 rings (SSSR count). The minimum absolute atomic E-state index is 0.256. The average molecular weight is 369 g/mol. The molecule has 0 amide bonds. The highest BCUT2D eigenvalue weighted by Gasteiger charge is 2.07. The lowest BCUT2D eigenvalue weighted by Gasteiger charge is -2.16. The fourth-order valence-corrected chi connectivity index (χ4v) is 2.66. The molecule has 0 bridgehead atoms. The van der Waals surface area contributed by atoms with Crippen molar-refractivity contribution in [2.45, 2.75) is 26.4 Å². The first-order chi connectivity index (χ1) is 10.1. The Kier molecular flexibility index (Phi) is 6.09. The van der Waals surface area contributed by atoms with E-state index in [1.165, 1.54) is 5.56 Å². The Bertz CT molecular complexity index is 586. The van der Waals surface area contributed by atoms with E-state index in [9.17, 15) is 0 Å². The van der Waals surface area contributed by atoms with Crippen LogP contribution in [0.1, 0.15) is 31.0 Å². The van der Waals surface area contributed by atoms with Crippen molar-refractivity contribution in [3.63, 3.8) is 0 Å². The predicted octanol–water partition coefficient (Wildman–Crippen LogP) is 5.35. The molecule has 0 aliphatic heterocycles. The second-order valence-electron chi connectivity index (χ2n) is 4.84. The van der Waals surface area contributed by atoms with Crippen LogP contribution in [0.4, 0.5) is 0 Å². The van der Waals surface area contributed by atoms with Gasteiger partial charge in [-0.2, -0.15) is 0 Å². The molecule has 0 aromatic heterocycles. The Morgan fingerprint density at radius 1 is 1.19 bits per heavy atom. The molecular formula is C17H19BrClNO. The van der Waals surface area contributed by atoms with Gasteiger partial charge in [0, 0.05) is 22.1 Å². The third kappa shape index (κ3) is 4.73. The van der Waals surface area contributed by atoms with E-state index < -0.39 is 0 Å².